The molecule has 0 aliphatic carbocycles. The molecule has 0 saturated heterocycles. The van der Waals surface area contributed by atoms with Gasteiger partial charge in [-0.05, 0) is 29.8 Å². The van der Waals surface area contributed by atoms with E-state index in [2.05, 4.69) is 10.6 Å². The normalized spacial score (nSPS) is 10.1. The fraction of sp³-hybridized carbons (Fsp3) is 0.250. The van der Waals surface area contributed by atoms with E-state index in [4.69, 9.17) is 9.47 Å². The van der Waals surface area contributed by atoms with Crippen LogP contribution in [0.25, 0.3) is 0 Å². The smallest absolute Gasteiger partial charge is 0.308 e. The number of esters is 1. The van der Waals surface area contributed by atoms with Crippen molar-refractivity contribution in [3.63, 3.8) is 0 Å². The average Bonchev–Trinajstić information content (AvgIpc) is 2.71. The molecule has 0 fully saturated rings. The van der Waals surface area contributed by atoms with E-state index in [1.54, 1.807) is 36.4 Å². The Morgan fingerprint density at radius 2 is 1.71 bits per heavy atom. The molecule has 0 heterocycles. The first-order chi connectivity index (χ1) is 13.5. The summed E-state index contributed by atoms with van der Waals surface area (Å²) < 4.78 is 22.8. The Morgan fingerprint density at radius 1 is 1.00 bits per heavy atom. The highest BCUT2D eigenvalue weighted by atomic mass is 19.1. The Labute approximate surface area is 161 Å². The van der Waals surface area contributed by atoms with E-state index in [1.807, 2.05) is 0 Å². The first kappa shape index (κ1) is 20.9. The zero-order valence-electron chi connectivity index (χ0n) is 15.4. The highest BCUT2D eigenvalue weighted by Crippen LogP contribution is 2.16. The Bertz CT molecular complexity index is 824. The lowest BCUT2D eigenvalue weighted by Gasteiger charge is -2.09. The van der Waals surface area contributed by atoms with E-state index in [-0.39, 0.29) is 31.2 Å². The van der Waals surface area contributed by atoms with Crippen LogP contribution >= 0.6 is 0 Å². The monoisotopic (exact) mass is 388 g/mol. The van der Waals surface area contributed by atoms with Crippen LogP contribution in [0.5, 0.6) is 5.75 Å². The van der Waals surface area contributed by atoms with E-state index in [9.17, 15) is 18.8 Å². The zero-order chi connectivity index (χ0) is 20.4. The molecule has 0 aromatic heterocycles. The van der Waals surface area contributed by atoms with Crippen molar-refractivity contribution in [3.05, 3.63) is 65.5 Å². The Hall–Kier alpha value is -3.42. The Balaban J connectivity index is 1.64. The molecule has 0 spiro atoms. The number of ether oxygens (including phenoxy) is 2. The molecule has 7 nitrogen and oxygen atoms in total. The number of carbonyl (C=O) groups is 3. The quantitative estimate of drug-likeness (QED) is 0.639. The Kier molecular flexibility index (Phi) is 7.95. The average molecular weight is 388 g/mol. The fourth-order valence-electron chi connectivity index (χ4n) is 2.28. The molecule has 2 rings (SSSR count). The SMILES string of the molecule is COc1ccccc1C(=O)NCCC(=O)OCC(=O)NCc1ccc(F)cc1. The zero-order valence-corrected chi connectivity index (χ0v) is 15.4. The number of carbonyl (C=O) groups excluding carboxylic acids is 3. The molecular weight excluding hydrogens is 367 g/mol. The standard InChI is InChI=1S/C20H21FN2O5/c1-27-17-5-3-2-4-16(17)20(26)22-11-10-19(25)28-13-18(24)23-12-14-6-8-15(21)9-7-14/h2-9H,10-13H2,1H3,(H,22,26)(H,23,24). The number of amides is 2. The van der Waals surface area contributed by atoms with Crippen LogP contribution in [0.1, 0.15) is 22.3 Å². The predicted molar refractivity (Wildman–Crippen MR) is 99.1 cm³/mol. The highest BCUT2D eigenvalue weighted by Gasteiger charge is 2.12. The van der Waals surface area contributed by atoms with Gasteiger partial charge in [-0.15, -0.1) is 0 Å². The number of benzene rings is 2. The van der Waals surface area contributed by atoms with Crippen molar-refractivity contribution in [3.8, 4) is 5.75 Å². The summed E-state index contributed by atoms with van der Waals surface area (Å²) >= 11 is 0. The maximum absolute atomic E-state index is 12.8. The second-order valence-electron chi connectivity index (χ2n) is 5.77. The molecule has 0 unspecified atom stereocenters. The number of nitrogens with one attached hydrogen (secondary N) is 2. The summed E-state index contributed by atoms with van der Waals surface area (Å²) in [5.74, 6) is -1.39. The van der Waals surface area contributed by atoms with Gasteiger partial charge in [0.1, 0.15) is 11.6 Å². The third-order valence-corrected chi connectivity index (χ3v) is 3.73. The second kappa shape index (κ2) is 10.7. The van der Waals surface area contributed by atoms with E-state index in [0.717, 1.165) is 5.56 Å². The summed E-state index contributed by atoms with van der Waals surface area (Å²) in [7, 11) is 1.46. The van der Waals surface area contributed by atoms with Crippen LogP contribution in [-0.2, 0) is 20.9 Å². The van der Waals surface area contributed by atoms with E-state index in [0.29, 0.717) is 11.3 Å². The topological polar surface area (TPSA) is 93.7 Å². The molecule has 8 heteroatoms. The van der Waals surface area contributed by atoms with Crippen molar-refractivity contribution in [1.82, 2.24) is 10.6 Å². The van der Waals surface area contributed by atoms with Gasteiger partial charge in [-0.3, -0.25) is 14.4 Å². The van der Waals surface area contributed by atoms with E-state index >= 15 is 0 Å². The van der Waals surface area contributed by atoms with Gasteiger partial charge in [0, 0.05) is 13.1 Å². The summed E-state index contributed by atoms with van der Waals surface area (Å²) in [6.45, 7) is -0.168. The highest BCUT2D eigenvalue weighted by molar-refractivity contribution is 5.97. The molecule has 28 heavy (non-hydrogen) atoms. The maximum Gasteiger partial charge on any atom is 0.308 e. The minimum absolute atomic E-state index is 0.0624. The predicted octanol–water partition coefficient (Wildman–Crippen LogP) is 1.81. The van der Waals surface area contributed by atoms with Gasteiger partial charge in [-0.1, -0.05) is 24.3 Å². The van der Waals surface area contributed by atoms with Crippen LogP contribution in [0.4, 0.5) is 4.39 Å². The van der Waals surface area contributed by atoms with Crippen LogP contribution in [0, 0.1) is 5.82 Å². The van der Waals surface area contributed by atoms with Crippen LogP contribution < -0.4 is 15.4 Å². The summed E-state index contributed by atoms with van der Waals surface area (Å²) in [6, 6.07) is 12.4. The van der Waals surface area contributed by atoms with Gasteiger partial charge in [-0.2, -0.15) is 0 Å². The summed E-state index contributed by atoms with van der Waals surface area (Å²) in [4.78, 5) is 35.4. The number of hydrogen-bond acceptors (Lipinski definition) is 5. The molecule has 0 bridgehead atoms. The first-order valence-electron chi connectivity index (χ1n) is 8.57. The number of methoxy groups -OCH3 is 1. The van der Waals surface area contributed by atoms with Crippen LogP contribution in [0.2, 0.25) is 0 Å². The third-order valence-electron chi connectivity index (χ3n) is 3.73. The van der Waals surface area contributed by atoms with Crippen LogP contribution in [0.3, 0.4) is 0 Å². The van der Waals surface area contributed by atoms with Gasteiger partial charge < -0.3 is 20.1 Å². The van der Waals surface area contributed by atoms with Gasteiger partial charge in [0.2, 0.25) is 0 Å². The van der Waals surface area contributed by atoms with Gasteiger partial charge in [-0.25, -0.2) is 4.39 Å². The number of rotatable bonds is 9. The lowest BCUT2D eigenvalue weighted by molar-refractivity contribution is -0.148. The largest absolute Gasteiger partial charge is 0.496 e. The molecule has 0 aliphatic rings. The second-order valence-corrected chi connectivity index (χ2v) is 5.77. The molecular formula is C20H21FN2O5. The molecule has 148 valence electrons. The van der Waals surface area contributed by atoms with Crippen molar-refractivity contribution in [2.45, 2.75) is 13.0 Å². The van der Waals surface area contributed by atoms with Gasteiger partial charge in [0.15, 0.2) is 6.61 Å². The lowest BCUT2D eigenvalue weighted by Crippen LogP contribution is -2.30. The maximum atomic E-state index is 12.8. The van der Waals surface area contributed by atoms with Crippen molar-refractivity contribution in [2.75, 3.05) is 20.3 Å². The molecule has 0 saturated carbocycles. The van der Waals surface area contributed by atoms with Crippen molar-refractivity contribution in [1.29, 1.82) is 0 Å². The summed E-state index contributed by atoms with van der Waals surface area (Å²) in [6.07, 6.45) is -0.0773. The number of hydrogen-bond donors (Lipinski definition) is 2. The first-order valence-corrected chi connectivity index (χ1v) is 8.57. The number of halogens is 1. The van der Waals surface area contributed by atoms with Crippen LogP contribution in [-0.4, -0.2) is 38.0 Å². The van der Waals surface area contributed by atoms with E-state index < -0.39 is 18.5 Å². The fourth-order valence-corrected chi connectivity index (χ4v) is 2.28. The lowest BCUT2D eigenvalue weighted by atomic mass is 10.2. The third kappa shape index (κ3) is 6.71. The minimum Gasteiger partial charge on any atom is -0.496 e. The molecule has 2 amide bonds. The van der Waals surface area contributed by atoms with Crippen molar-refractivity contribution < 1.29 is 28.2 Å². The molecule has 0 atom stereocenters. The number of para-hydroxylation sites is 1. The summed E-state index contributed by atoms with van der Waals surface area (Å²) in [5, 5.41) is 5.15. The Morgan fingerprint density at radius 3 is 2.43 bits per heavy atom. The van der Waals surface area contributed by atoms with E-state index in [1.165, 1.54) is 19.2 Å². The van der Waals surface area contributed by atoms with Gasteiger partial charge in [0.25, 0.3) is 11.8 Å². The van der Waals surface area contributed by atoms with Gasteiger partial charge in [0.05, 0.1) is 19.1 Å². The van der Waals surface area contributed by atoms with Crippen molar-refractivity contribution in [2.24, 2.45) is 0 Å². The molecule has 0 radical (unpaired) electrons. The minimum atomic E-state index is -0.614. The van der Waals surface area contributed by atoms with Crippen molar-refractivity contribution >= 4 is 17.8 Å². The van der Waals surface area contributed by atoms with Crippen LogP contribution in [0.15, 0.2) is 48.5 Å². The molecule has 2 aromatic carbocycles. The molecule has 2 N–H and O–H groups in total. The van der Waals surface area contributed by atoms with Gasteiger partial charge >= 0.3 is 5.97 Å². The molecule has 0 aliphatic heterocycles. The summed E-state index contributed by atoms with van der Waals surface area (Å²) in [5.41, 5.74) is 1.08. The molecule has 2 aromatic rings.